The van der Waals surface area contributed by atoms with Gasteiger partial charge in [-0.05, 0) is 57.4 Å². The predicted molar refractivity (Wildman–Crippen MR) is 121 cm³/mol. The number of nitrogens with zero attached hydrogens (tertiary/aromatic N) is 3. The van der Waals surface area contributed by atoms with Crippen LogP contribution in [0.2, 0.25) is 0 Å². The van der Waals surface area contributed by atoms with Crippen LogP contribution in [0, 0.1) is 20.8 Å². The van der Waals surface area contributed by atoms with Gasteiger partial charge < -0.3 is 15.2 Å². The first kappa shape index (κ1) is 20.8. The number of amides is 1. The van der Waals surface area contributed by atoms with Gasteiger partial charge in [0.05, 0.1) is 0 Å². The van der Waals surface area contributed by atoms with E-state index in [2.05, 4.69) is 25.2 Å². The molecule has 0 bridgehead atoms. The lowest BCUT2D eigenvalue weighted by molar-refractivity contribution is 0.0930. The van der Waals surface area contributed by atoms with Gasteiger partial charge in [-0.3, -0.25) is 9.59 Å². The molecule has 3 heterocycles. The van der Waals surface area contributed by atoms with Crippen molar-refractivity contribution in [2.24, 2.45) is 0 Å². The molecule has 7 heteroatoms. The van der Waals surface area contributed by atoms with Crippen LogP contribution in [0.5, 0.6) is 0 Å². The number of carbonyl (C=O) groups excluding carboxylic acids is 1. The lowest BCUT2D eigenvalue weighted by Crippen LogP contribution is -2.45. The van der Waals surface area contributed by atoms with Gasteiger partial charge in [0.2, 0.25) is 0 Å². The van der Waals surface area contributed by atoms with Crippen molar-refractivity contribution in [3.63, 3.8) is 0 Å². The molecule has 3 aromatic rings. The third-order valence-corrected chi connectivity index (χ3v) is 5.96. The summed E-state index contributed by atoms with van der Waals surface area (Å²) in [5.74, 6) is 1.41. The van der Waals surface area contributed by atoms with Gasteiger partial charge in [0.25, 0.3) is 11.5 Å². The average molecular weight is 418 g/mol. The predicted octanol–water partition coefficient (Wildman–Crippen LogP) is 3.16. The summed E-state index contributed by atoms with van der Waals surface area (Å²) in [6.07, 6.45) is 3.48. The van der Waals surface area contributed by atoms with Crippen LogP contribution >= 0.6 is 0 Å². The summed E-state index contributed by atoms with van der Waals surface area (Å²) in [6, 6.07) is 11.7. The van der Waals surface area contributed by atoms with Crippen molar-refractivity contribution < 1.29 is 4.79 Å². The van der Waals surface area contributed by atoms with Crippen molar-refractivity contribution in [1.82, 2.24) is 20.3 Å². The van der Waals surface area contributed by atoms with Crippen LogP contribution in [0.1, 0.15) is 40.0 Å². The fourth-order valence-corrected chi connectivity index (χ4v) is 3.84. The molecule has 2 N–H and O–H groups in total. The van der Waals surface area contributed by atoms with E-state index in [0.29, 0.717) is 11.4 Å². The number of rotatable bonds is 4. The van der Waals surface area contributed by atoms with E-state index in [-0.39, 0.29) is 17.5 Å². The number of aromatic amines is 1. The van der Waals surface area contributed by atoms with Crippen LogP contribution < -0.4 is 15.8 Å². The smallest absolute Gasteiger partial charge is 0.254 e. The molecular weight excluding hydrogens is 390 g/mol. The molecule has 1 amide bonds. The summed E-state index contributed by atoms with van der Waals surface area (Å²) >= 11 is 0. The number of aryl methyl sites for hydroxylation is 2. The molecule has 31 heavy (non-hydrogen) atoms. The van der Waals surface area contributed by atoms with Crippen molar-refractivity contribution in [1.29, 1.82) is 0 Å². The van der Waals surface area contributed by atoms with Crippen LogP contribution in [0.15, 0.2) is 47.4 Å². The van der Waals surface area contributed by atoms with Gasteiger partial charge in [-0.2, -0.15) is 0 Å². The summed E-state index contributed by atoms with van der Waals surface area (Å²) < 4.78 is 0. The number of hydrogen-bond donors (Lipinski definition) is 2. The van der Waals surface area contributed by atoms with Crippen LogP contribution in [0.3, 0.4) is 0 Å². The van der Waals surface area contributed by atoms with Crippen molar-refractivity contribution in [2.45, 2.75) is 39.7 Å². The van der Waals surface area contributed by atoms with E-state index in [4.69, 9.17) is 0 Å². The first-order chi connectivity index (χ1) is 14.9. The second-order valence-corrected chi connectivity index (χ2v) is 8.08. The summed E-state index contributed by atoms with van der Waals surface area (Å²) in [5.41, 5.74) is 3.73. The van der Waals surface area contributed by atoms with Gasteiger partial charge in [0, 0.05) is 47.7 Å². The normalized spacial score (nSPS) is 14.5. The molecule has 1 aliphatic rings. The second kappa shape index (κ2) is 8.71. The number of carbonyl (C=O) groups is 1. The van der Waals surface area contributed by atoms with E-state index in [9.17, 15) is 9.59 Å². The molecule has 1 fully saturated rings. The molecule has 1 saturated heterocycles. The van der Waals surface area contributed by atoms with Crippen molar-refractivity contribution in [3.05, 3.63) is 75.3 Å². The minimum Gasteiger partial charge on any atom is -0.356 e. The number of anilines is 1. The standard InChI is InChI=1S/C24H27N5O2/c1-15-6-4-5-7-20(15)24(31)27-19-10-12-29(13-11-19)21-9-8-18(14-25-21)22-26-17(3)16(2)23(30)28-22/h4-9,14,19H,10-13H2,1-3H3,(H,27,31)(H,26,28,30). The zero-order valence-electron chi connectivity index (χ0n) is 18.1. The van der Waals surface area contributed by atoms with Crippen LogP contribution in [0.4, 0.5) is 5.82 Å². The van der Waals surface area contributed by atoms with E-state index in [1.165, 1.54) is 0 Å². The van der Waals surface area contributed by atoms with Crippen LogP contribution in [-0.4, -0.2) is 40.0 Å². The topological polar surface area (TPSA) is 91.0 Å². The molecule has 2 aromatic heterocycles. The van der Waals surface area contributed by atoms with Crippen molar-refractivity contribution in [3.8, 4) is 11.4 Å². The second-order valence-electron chi connectivity index (χ2n) is 8.08. The Morgan fingerprint density at radius 1 is 1.10 bits per heavy atom. The van der Waals surface area contributed by atoms with E-state index in [0.717, 1.165) is 54.1 Å². The maximum atomic E-state index is 12.6. The van der Waals surface area contributed by atoms with E-state index >= 15 is 0 Å². The maximum absolute atomic E-state index is 12.6. The summed E-state index contributed by atoms with van der Waals surface area (Å²) in [4.78, 5) is 38.6. The fraction of sp³-hybridized carbons (Fsp3) is 0.333. The number of aromatic nitrogens is 3. The first-order valence-electron chi connectivity index (χ1n) is 10.6. The molecule has 0 spiro atoms. The molecule has 1 aromatic carbocycles. The van der Waals surface area contributed by atoms with E-state index in [1.807, 2.05) is 50.2 Å². The highest BCUT2D eigenvalue weighted by Gasteiger charge is 2.22. The minimum absolute atomic E-state index is 0.00564. The third-order valence-electron chi connectivity index (χ3n) is 5.96. The Bertz CT molecular complexity index is 1150. The minimum atomic E-state index is -0.124. The first-order valence-corrected chi connectivity index (χ1v) is 10.6. The number of piperidine rings is 1. The Morgan fingerprint density at radius 3 is 2.48 bits per heavy atom. The Morgan fingerprint density at radius 2 is 1.84 bits per heavy atom. The molecule has 0 saturated carbocycles. The number of H-pyrrole nitrogens is 1. The summed E-state index contributed by atoms with van der Waals surface area (Å²) in [6.45, 7) is 7.20. The van der Waals surface area contributed by atoms with Gasteiger partial charge in [-0.1, -0.05) is 18.2 Å². The highest BCUT2D eigenvalue weighted by molar-refractivity contribution is 5.95. The third kappa shape index (κ3) is 4.50. The average Bonchev–Trinajstić information content (AvgIpc) is 2.78. The van der Waals surface area contributed by atoms with Gasteiger partial charge in [0.15, 0.2) is 0 Å². The number of nitrogens with one attached hydrogen (secondary N) is 2. The van der Waals surface area contributed by atoms with Crippen molar-refractivity contribution >= 4 is 11.7 Å². The molecule has 7 nitrogen and oxygen atoms in total. The Labute approximate surface area is 181 Å². The molecule has 1 aliphatic heterocycles. The van der Waals surface area contributed by atoms with Gasteiger partial charge in [-0.25, -0.2) is 9.97 Å². The lowest BCUT2D eigenvalue weighted by Gasteiger charge is -2.33. The number of pyridine rings is 1. The molecule has 0 atom stereocenters. The molecule has 0 aliphatic carbocycles. The molecule has 0 radical (unpaired) electrons. The highest BCUT2D eigenvalue weighted by atomic mass is 16.1. The summed E-state index contributed by atoms with van der Waals surface area (Å²) in [5, 5.41) is 3.17. The largest absolute Gasteiger partial charge is 0.356 e. The molecular formula is C24H27N5O2. The maximum Gasteiger partial charge on any atom is 0.254 e. The van der Waals surface area contributed by atoms with Gasteiger partial charge >= 0.3 is 0 Å². The lowest BCUT2D eigenvalue weighted by atomic mass is 10.0. The van der Waals surface area contributed by atoms with Gasteiger partial charge in [0.1, 0.15) is 11.6 Å². The Balaban J connectivity index is 1.37. The fourth-order valence-electron chi connectivity index (χ4n) is 3.84. The zero-order chi connectivity index (χ0) is 22.0. The Kier molecular flexibility index (Phi) is 5.84. The molecule has 4 rings (SSSR count). The summed E-state index contributed by atoms with van der Waals surface area (Å²) in [7, 11) is 0. The Hall–Kier alpha value is -3.48. The van der Waals surface area contributed by atoms with Crippen molar-refractivity contribution in [2.75, 3.05) is 18.0 Å². The van der Waals surface area contributed by atoms with E-state index < -0.39 is 0 Å². The van der Waals surface area contributed by atoms with Gasteiger partial charge in [-0.15, -0.1) is 0 Å². The SMILES string of the molecule is Cc1ccccc1C(=O)NC1CCN(c2ccc(-c3nc(C)c(C)c(=O)[nH]3)cn2)CC1. The molecule has 0 unspecified atom stereocenters. The van der Waals surface area contributed by atoms with Crippen LogP contribution in [0.25, 0.3) is 11.4 Å². The number of benzene rings is 1. The monoisotopic (exact) mass is 417 g/mol. The van der Waals surface area contributed by atoms with Crippen LogP contribution in [-0.2, 0) is 0 Å². The quantitative estimate of drug-likeness (QED) is 0.681. The molecule has 160 valence electrons. The van der Waals surface area contributed by atoms with E-state index in [1.54, 1.807) is 13.1 Å². The number of hydrogen-bond acceptors (Lipinski definition) is 5. The highest BCUT2D eigenvalue weighted by Crippen LogP contribution is 2.21. The zero-order valence-corrected chi connectivity index (χ0v) is 18.1.